The topological polar surface area (TPSA) is 88.6 Å². The number of nitrogens with one attached hydrogen (secondary N) is 1. The van der Waals surface area contributed by atoms with Crippen molar-refractivity contribution in [3.8, 4) is 11.5 Å². The molecule has 1 aliphatic rings. The lowest BCUT2D eigenvalue weighted by molar-refractivity contribution is 0.0987. The standard InChI is InChI=1S/C22H21N3O4S/c1-4-25-21-20(6-5-9-23-21)29-19-8-7-17(13-18(19)22(25)26)30(27,28)24-16-11-14(2)10-15(3)12-16/h5-13,24H,4H2,1-3H3. The van der Waals surface area contributed by atoms with Crippen LogP contribution in [0.15, 0.2) is 59.6 Å². The first-order valence-corrected chi connectivity index (χ1v) is 11.0. The quantitative estimate of drug-likeness (QED) is 0.677. The SMILES string of the molecule is CCN1C(=O)c2cc(S(=O)(=O)Nc3cc(C)cc(C)c3)ccc2Oc2cccnc21. The van der Waals surface area contributed by atoms with Crippen LogP contribution in [-0.4, -0.2) is 25.9 Å². The van der Waals surface area contributed by atoms with Crippen LogP contribution in [0.2, 0.25) is 0 Å². The molecule has 2 aromatic carbocycles. The summed E-state index contributed by atoms with van der Waals surface area (Å²) < 4.78 is 34.4. The molecular formula is C22H21N3O4S. The maximum Gasteiger partial charge on any atom is 0.263 e. The van der Waals surface area contributed by atoms with Gasteiger partial charge in [0.25, 0.3) is 15.9 Å². The van der Waals surface area contributed by atoms with Crippen LogP contribution in [0.1, 0.15) is 28.4 Å². The Kier molecular flexibility index (Phi) is 4.95. The van der Waals surface area contributed by atoms with Crippen molar-refractivity contribution < 1.29 is 17.9 Å². The zero-order valence-electron chi connectivity index (χ0n) is 16.8. The van der Waals surface area contributed by atoms with Gasteiger partial charge in [-0.2, -0.15) is 0 Å². The maximum absolute atomic E-state index is 13.1. The molecule has 1 amide bonds. The highest BCUT2D eigenvalue weighted by atomic mass is 32.2. The fraction of sp³-hybridized carbons (Fsp3) is 0.182. The van der Waals surface area contributed by atoms with E-state index in [2.05, 4.69) is 9.71 Å². The first-order valence-electron chi connectivity index (χ1n) is 9.48. The molecule has 3 aromatic rings. The molecule has 1 N–H and O–H groups in total. The van der Waals surface area contributed by atoms with Gasteiger partial charge < -0.3 is 4.74 Å². The number of aryl methyl sites for hydroxylation is 2. The van der Waals surface area contributed by atoms with Gasteiger partial charge in [-0.25, -0.2) is 13.4 Å². The van der Waals surface area contributed by atoms with E-state index in [-0.39, 0.29) is 22.1 Å². The van der Waals surface area contributed by atoms with Gasteiger partial charge >= 0.3 is 0 Å². The van der Waals surface area contributed by atoms with Crippen LogP contribution in [0.25, 0.3) is 0 Å². The summed E-state index contributed by atoms with van der Waals surface area (Å²) in [7, 11) is -3.90. The van der Waals surface area contributed by atoms with Gasteiger partial charge in [0.05, 0.1) is 10.5 Å². The lowest BCUT2D eigenvalue weighted by atomic mass is 10.1. The Hall–Kier alpha value is -3.39. The van der Waals surface area contributed by atoms with Gasteiger partial charge in [0.15, 0.2) is 11.6 Å². The summed E-state index contributed by atoms with van der Waals surface area (Å²) >= 11 is 0. The van der Waals surface area contributed by atoms with Crippen molar-refractivity contribution in [1.29, 1.82) is 0 Å². The Morgan fingerprint density at radius 3 is 2.47 bits per heavy atom. The second-order valence-corrected chi connectivity index (χ2v) is 8.80. The number of hydrogen-bond donors (Lipinski definition) is 1. The molecule has 30 heavy (non-hydrogen) atoms. The Balaban J connectivity index is 1.75. The van der Waals surface area contributed by atoms with E-state index in [1.165, 1.54) is 23.1 Å². The molecule has 0 bridgehead atoms. The van der Waals surface area contributed by atoms with Crippen LogP contribution in [0.3, 0.4) is 0 Å². The number of nitrogens with zero attached hydrogens (tertiary/aromatic N) is 2. The number of rotatable bonds is 4. The van der Waals surface area contributed by atoms with Crippen LogP contribution in [0.4, 0.5) is 11.5 Å². The highest BCUT2D eigenvalue weighted by Crippen LogP contribution is 2.38. The number of pyridine rings is 1. The third-order valence-electron chi connectivity index (χ3n) is 4.75. The minimum Gasteiger partial charge on any atom is -0.453 e. The minimum absolute atomic E-state index is 0.0210. The van der Waals surface area contributed by atoms with Crippen LogP contribution in [-0.2, 0) is 10.0 Å². The molecule has 2 heterocycles. The first kappa shape index (κ1) is 19.9. The van der Waals surface area contributed by atoms with Gasteiger partial charge in [-0.15, -0.1) is 0 Å². The lowest BCUT2D eigenvalue weighted by Gasteiger charge is -2.18. The molecule has 0 saturated carbocycles. The molecule has 0 saturated heterocycles. The predicted molar refractivity (Wildman–Crippen MR) is 115 cm³/mol. The highest BCUT2D eigenvalue weighted by Gasteiger charge is 2.30. The number of carbonyl (C=O) groups excluding carboxylic acids is 1. The zero-order valence-corrected chi connectivity index (χ0v) is 17.7. The Morgan fingerprint density at radius 1 is 1.03 bits per heavy atom. The third kappa shape index (κ3) is 3.61. The van der Waals surface area contributed by atoms with Gasteiger partial charge in [0.2, 0.25) is 0 Å². The number of aromatic nitrogens is 1. The summed E-state index contributed by atoms with van der Waals surface area (Å²) in [6, 6.07) is 13.2. The average Bonchev–Trinajstić information content (AvgIpc) is 2.80. The summed E-state index contributed by atoms with van der Waals surface area (Å²) in [6.07, 6.45) is 1.58. The summed E-state index contributed by atoms with van der Waals surface area (Å²) in [5, 5.41) is 0. The van der Waals surface area contributed by atoms with E-state index in [0.717, 1.165) is 11.1 Å². The highest BCUT2D eigenvalue weighted by molar-refractivity contribution is 7.92. The van der Waals surface area contributed by atoms with Crippen molar-refractivity contribution in [3.05, 3.63) is 71.4 Å². The van der Waals surface area contributed by atoms with Crippen molar-refractivity contribution in [2.45, 2.75) is 25.7 Å². The summed E-state index contributed by atoms with van der Waals surface area (Å²) in [4.78, 5) is 18.9. The molecule has 0 aliphatic carbocycles. The van der Waals surface area contributed by atoms with Crippen molar-refractivity contribution in [2.24, 2.45) is 0 Å². The minimum atomic E-state index is -3.90. The van der Waals surface area contributed by atoms with Gasteiger partial charge in [-0.3, -0.25) is 14.4 Å². The van der Waals surface area contributed by atoms with E-state index in [9.17, 15) is 13.2 Å². The van der Waals surface area contributed by atoms with Crippen LogP contribution in [0.5, 0.6) is 11.5 Å². The molecule has 0 spiro atoms. The molecular weight excluding hydrogens is 402 g/mol. The second kappa shape index (κ2) is 7.46. The second-order valence-electron chi connectivity index (χ2n) is 7.12. The number of fused-ring (bicyclic) bond motifs is 2. The van der Waals surface area contributed by atoms with E-state index in [4.69, 9.17) is 4.74 Å². The lowest BCUT2D eigenvalue weighted by Crippen LogP contribution is -2.30. The van der Waals surface area contributed by atoms with Gasteiger partial charge in [0, 0.05) is 18.4 Å². The predicted octanol–water partition coefficient (Wildman–Crippen LogP) is 4.27. The van der Waals surface area contributed by atoms with Gasteiger partial charge in [-0.05, 0) is 74.4 Å². The largest absolute Gasteiger partial charge is 0.453 e. The summed E-state index contributed by atoms with van der Waals surface area (Å²) in [5.41, 5.74) is 2.53. The van der Waals surface area contributed by atoms with Crippen LogP contribution < -0.4 is 14.4 Å². The smallest absolute Gasteiger partial charge is 0.263 e. The molecule has 1 aromatic heterocycles. The average molecular weight is 423 g/mol. The van der Waals surface area contributed by atoms with Crippen LogP contribution in [0, 0.1) is 13.8 Å². The number of benzene rings is 2. The molecule has 0 fully saturated rings. The van der Waals surface area contributed by atoms with Crippen molar-refractivity contribution in [2.75, 3.05) is 16.2 Å². The number of amides is 1. The maximum atomic E-state index is 13.1. The van der Waals surface area contributed by atoms with Gasteiger partial charge in [0.1, 0.15) is 5.75 Å². The number of hydrogen-bond acceptors (Lipinski definition) is 5. The number of sulfonamides is 1. The molecule has 4 rings (SSSR count). The molecule has 8 heteroatoms. The van der Waals surface area contributed by atoms with E-state index in [1.54, 1.807) is 30.5 Å². The summed E-state index contributed by atoms with van der Waals surface area (Å²) in [6.45, 7) is 5.98. The molecule has 0 unspecified atom stereocenters. The number of anilines is 2. The molecule has 0 atom stereocenters. The number of carbonyl (C=O) groups is 1. The van der Waals surface area contributed by atoms with Crippen molar-refractivity contribution >= 4 is 27.4 Å². The van der Waals surface area contributed by atoms with Crippen molar-refractivity contribution in [3.63, 3.8) is 0 Å². The molecule has 1 aliphatic heterocycles. The van der Waals surface area contributed by atoms with E-state index >= 15 is 0 Å². The van der Waals surface area contributed by atoms with Gasteiger partial charge in [-0.1, -0.05) is 6.07 Å². The Morgan fingerprint density at radius 2 is 1.77 bits per heavy atom. The third-order valence-corrected chi connectivity index (χ3v) is 6.13. The van der Waals surface area contributed by atoms with E-state index in [1.807, 2.05) is 26.8 Å². The fourth-order valence-electron chi connectivity index (χ4n) is 3.50. The fourth-order valence-corrected chi connectivity index (χ4v) is 4.56. The first-order chi connectivity index (χ1) is 14.3. The summed E-state index contributed by atoms with van der Waals surface area (Å²) in [5.74, 6) is 0.762. The van der Waals surface area contributed by atoms with Crippen molar-refractivity contribution in [1.82, 2.24) is 4.98 Å². The van der Waals surface area contributed by atoms with E-state index < -0.39 is 10.0 Å². The normalized spacial score (nSPS) is 13.2. The number of ether oxygens (including phenoxy) is 1. The monoisotopic (exact) mass is 423 g/mol. The zero-order chi connectivity index (χ0) is 21.5. The van der Waals surface area contributed by atoms with E-state index in [0.29, 0.717) is 23.8 Å². The molecule has 7 nitrogen and oxygen atoms in total. The molecule has 0 radical (unpaired) electrons. The Bertz CT molecular complexity index is 1230. The van der Waals surface area contributed by atoms with Crippen LogP contribution >= 0.6 is 0 Å². The Labute approximate surface area is 175 Å². The molecule has 154 valence electrons.